The maximum absolute atomic E-state index is 12.7. The summed E-state index contributed by atoms with van der Waals surface area (Å²) in [5.41, 5.74) is 3.77. The molecule has 2 heterocycles. The number of nitrogens with one attached hydrogen (secondary N) is 2. The van der Waals surface area contributed by atoms with Crippen molar-refractivity contribution in [3.05, 3.63) is 77.6 Å². The Balaban J connectivity index is 1.53. The Hall–Kier alpha value is -3.87. The van der Waals surface area contributed by atoms with Crippen LogP contribution in [0.4, 0.5) is 11.4 Å². The normalized spacial score (nSPS) is 10.8. The van der Waals surface area contributed by atoms with Crippen LogP contribution in [0, 0.1) is 6.92 Å². The predicted molar refractivity (Wildman–Crippen MR) is 109 cm³/mol. The summed E-state index contributed by atoms with van der Waals surface area (Å²) in [6, 6.07) is 13.6. The Morgan fingerprint density at radius 3 is 2.66 bits per heavy atom. The molecular formula is C22H19N3O4. The molecule has 7 heteroatoms. The highest BCUT2D eigenvalue weighted by atomic mass is 16.3. The lowest BCUT2D eigenvalue weighted by molar-refractivity contribution is 0.0993. The monoisotopic (exact) mass is 389 g/mol. The molecule has 0 radical (unpaired) electrons. The van der Waals surface area contributed by atoms with Crippen molar-refractivity contribution in [2.24, 2.45) is 0 Å². The van der Waals surface area contributed by atoms with Gasteiger partial charge in [-0.1, -0.05) is 13.0 Å². The number of hydrogen-bond acceptors (Lipinski definition) is 5. The average Bonchev–Trinajstić information content (AvgIpc) is 3.38. The van der Waals surface area contributed by atoms with E-state index in [1.165, 1.54) is 6.26 Å². The first-order valence-corrected chi connectivity index (χ1v) is 9.20. The predicted octanol–water partition coefficient (Wildman–Crippen LogP) is 4.80. The van der Waals surface area contributed by atoms with Crippen LogP contribution in [0.15, 0.2) is 63.6 Å². The van der Waals surface area contributed by atoms with Crippen LogP contribution in [0.25, 0.3) is 11.1 Å². The van der Waals surface area contributed by atoms with Crippen LogP contribution >= 0.6 is 0 Å². The van der Waals surface area contributed by atoms with Crippen LogP contribution in [0.3, 0.4) is 0 Å². The highest BCUT2D eigenvalue weighted by Gasteiger charge is 2.14. The van der Waals surface area contributed by atoms with Gasteiger partial charge in [-0.15, -0.1) is 0 Å². The molecule has 0 saturated heterocycles. The molecule has 0 bridgehead atoms. The third-order valence-electron chi connectivity index (χ3n) is 4.49. The zero-order valence-electron chi connectivity index (χ0n) is 16.0. The maximum atomic E-state index is 12.7. The van der Waals surface area contributed by atoms with Crippen LogP contribution in [0.2, 0.25) is 0 Å². The average molecular weight is 389 g/mol. The fourth-order valence-electron chi connectivity index (χ4n) is 2.90. The van der Waals surface area contributed by atoms with Crippen molar-refractivity contribution in [1.29, 1.82) is 0 Å². The Kier molecular flexibility index (Phi) is 4.87. The van der Waals surface area contributed by atoms with Gasteiger partial charge in [0.25, 0.3) is 11.8 Å². The molecule has 146 valence electrons. The van der Waals surface area contributed by atoms with Gasteiger partial charge in [-0.2, -0.15) is 0 Å². The second kappa shape index (κ2) is 7.63. The molecule has 0 unspecified atom stereocenters. The molecule has 2 aromatic carbocycles. The van der Waals surface area contributed by atoms with E-state index in [1.807, 2.05) is 13.8 Å². The number of furan rings is 1. The minimum Gasteiger partial charge on any atom is -0.459 e. The molecule has 4 rings (SSSR count). The highest BCUT2D eigenvalue weighted by molar-refractivity contribution is 6.07. The number of fused-ring (bicyclic) bond motifs is 1. The number of aromatic nitrogens is 1. The van der Waals surface area contributed by atoms with Crippen molar-refractivity contribution in [1.82, 2.24) is 4.98 Å². The molecule has 2 amide bonds. The van der Waals surface area contributed by atoms with E-state index in [-0.39, 0.29) is 17.6 Å². The fraction of sp³-hybridized carbons (Fsp3) is 0.136. The van der Waals surface area contributed by atoms with Crippen molar-refractivity contribution >= 4 is 34.3 Å². The van der Waals surface area contributed by atoms with E-state index in [0.717, 1.165) is 5.56 Å². The summed E-state index contributed by atoms with van der Waals surface area (Å²) in [5, 5.41) is 5.62. The van der Waals surface area contributed by atoms with E-state index < -0.39 is 0 Å². The Morgan fingerprint density at radius 1 is 1.03 bits per heavy atom. The summed E-state index contributed by atoms with van der Waals surface area (Å²) >= 11 is 0. The van der Waals surface area contributed by atoms with Gasteiger partial charge < -0.3 is 19.5 Å². The lowest BCUT2D eigenvalue weighted by Gasteiger charge is -2.10. The first kappa shape index (κ1) is 18.5. The molecule has 2 aromatic heterocycles. The number of rotatable bonds is 5. The molecule has 0 fully saturated rings. The van der Waals surface area contributed by atoms with Gasteiger partial charge in [0.1, 0.15) is 5.52 Å². The van der Waals surface area contributed by atoms with Crippen LogP contribution in [-0.2, 0) is 6.42 Å². The van der Waals surface area contributed by atoms with Crippen LogP contribution in [0.5, 0.6) is 0 Å². The Morgan fingerprint density at radius 2 is 1.90 bits per heavy atom. The molecular weight excluding hydrogens is 370 g/mol. The maximum Gasteiger partial charge on any atom is 0.291 e. The quantitative estimate of drug-likeness (QED) is 0.511. The summed E-state index contributed by atoms with van der Waals surface area (Å²) in [7, 11) is 0. The summed E-state index contributed by atoms with van der Waals surface area (Å²) in [6.45, 7) is 3.82. The largest absolute Gasteiger partial charge is 0.459 e. The summed E-state index contributed by atoms with van der Waals surface area (Å²) < 4.78 is 10.7. The zero-order valence-corrected chi connectivity index (χ0v) is 16.0. The van der Waals surface area contributed by atoms with Crippen molar-refractivity contribution in [3.8, 4) is 0 Å². The van der Waals surface area contributed by atoms with E-state index in [9.17, 15) is 9.59 Å². The number of aryl methyl sites for hydroxylation is 2. The standard InChI is InChI=1S/C22H19N3O4/c1-3-20-24-17-12-15(8-9-18(17)29-20)23-21(26)14-7-6-13(2)16(11-14)25-22(27)19-5-4-10-28-19/h4-12H,3H2,1-2H3,(H,23,26)(H,25,27). The van der Waals surface area contributed by atoms with Crippen LogP contribution in [-0.4, -0.2) is 16.8 Å². The molecule has 0 saturated carbocycles. The van der Waals surface area contributed by atoms with Gasteiger partial charge in [0.2, 0.25) is 0 Å². The number of hydrogen-bond donors (Lipinski definition) is 2. The number of amides is 2. The minimum atomic E-state index is -0.376. The fourth-order valence-corrected chi connectivity index (χ4v) is 2.90. The first-order chi connectivity index (χ1) is 14.0. The summed E-state index contributed by atoms with van der Waals surface area (Å²) in [5.74, 6) is 0.182. The van der Waals surface area contributed by atoms with Gasteiger partial charge in [0.05, 0.1) is 6.26 Å². The van der Waals surface area contributed by atoms with Gasteiger partial charge in [0, 0.05) is 23.4 Å². The second-order valence-corrected chi connectivity index (χ2v) is 6.56. The van der Waals surface area contributed by atoms with Crippen LogP contribution < -0.4 is 10.6 Å². The molecule has 29 heavy (non-hydrogen) atoms. The molecule has 7 nitrogen and oxygen atoms in total. The zero-order chi connectivity index (χ0) is 20.4. The Bertz CT molecular complexity index is 1190. The van der Waals surface area contributed by atoms with Gasteiger partial charge in [-0.25, -0.2) is 4.98 Å². The molecule has 2 N–H and O–H groups in total. The first-order valence-electron chi connectivity index (χ1n) is 9.20. The van der Waals surface area contributed by atoms with E-state index in [4.69, 9.17) is 8.83 Å². The van der Waals surface area contributed by atoms with Crippen molar-refractivity contribution in [2.75, 3.05) is 10.6 Å². The third kappa shape index (κ3) is 3.89. The molecule has 0 atom stereocenters. The van der Waals surface area contributed by atoms with E-state index >= 15 is 0 Å². The highest BCUT2D eigenvalue weighted by Crippen LogP contribution is 2.22. The molecule has 0 spiro atoms. The second-order valence-electron chi connectivity index (χ2n) is 6.56. The smallest absolute Gasteiger partial charge is 0.291 e. The molecule has 0 aliphatic carbocycles. The van der Waals surface area contributed by atoms with E-state index in [2.05, 4.69) is 15.6 Å². The van der Waals surface area contributed by atoms with Crippen molar-refractivity contribution < 1.29 is 18.4 Å². The molecule has 0 aliphatic rings. The number of carbonyl (C=O) groups is 2. The van der Waals surface area contributed by atoms with E-state index in [0.29, 0.717) is 40.3 Å². The lowest BCUT2D eigenvalue weighted by Crippen LogP contribution is -2.15. The summed E-state index contributed by atoms with van der Waals surface area (Å²) in [4.78, 5) is 29.3. The molecule has 0 aliphatic heterocycles. The van der Waals surface area contributed by atoms with Gasteiger partial charge in [0.15, 0.2) is 17.2 Å². The van der Waals surface area contributed by atoms with Crippen molar-refractivity contribution in [2.45, 2.75) is 20.3 Å². The van der Waals surface area contributed by atoms with E-state index in [1.54, 1.807) is 48.5 Å². The number of anilines is 2. The van der Waals surface area contributed by atoms with Gasteiger partial charge >= 0.3 is 0 Å². The van der Waals surface area contributed by atoms with Gasteiger partial charge in [-0.3, -0.25) is 9.59 Å². The number of carbonyl (C=O) groups excluding carboxylic acids is 2. The van der Waals surface area contributed by atoms with Crippen molar-refractivity contribution in [3.63, 3.8) is 0 Å². The topological polar surface area (TPSA) is 97.4 Å². The SMILES string of the molecule is CCc1nc2cc(NC(=O)c3ccc(C)c(NC(=O)c4ccco4)c3)ccc2o1. The Labute approximate surface area is 166 Å². The molecule has 4 aromatic rings. The van der Waals surface area contributed by atoms with Gasteiger partial charge in [-0.05, 0) is 55.0 Å². The minimum absolute atomic E-state index is 0.201. The number of nitrogens with zero attached hydrogens (tertiary/aromatic N) is 1. The summed E-state index contributed by atoms with van der Waals surface area (Å²) in [6.07, 6.45) is 2.13. The van der Waals surface area contributed by atoms with Crippen LogP contribution in [0.1, 0.15) is 39.3 Å². The third-order valence-corrected chi connectivity index (χ3v) is 4.49. The lowest BCUT2D eigenvalue weighted by atomic mass is 10.1. The number of oxazole rings is 1. The number of benzene rings is 2.